The first-order chi connectivity index (χ1) is 20.5. The number of amides is 1. The van der Waals surface area contributed by atoms with Gasteiger partial charge in [-0.25, -0.2) is 9.78 Å². The number of aromatic nitrogens is 2. The van der Waals surface area contributed by atoms with Crippen molar-refractivity contribution in [3.05, 3.63) is 111 Å². The zero-order valence-electron chi connectivity index (χ0n) is 22.6. The summed E-state index contributed by atoms with van der Waals surface area (Å²) >= 11 is 12.5. The molecule has 5 aromatic rings. The molecule has 3 N–H and O–H groups in total. The van der Waals surface area contributed by atoms with Crippen molar-refractivity contribution >= 4 is 46.1 Å². The number of aromatic amines is 1. The summed E-state index contributed by atoms with van der Waals surface area (Å²) in [5.74, 6) is -1.57. The molecule has 1 heterocycles. The second-order valence-electron chi connectivity index (χ2n) is 9.87. The number of imidazole rings is 1. The van der Waals surface area contributed by atoms with Crippen LogP contribution in [-0.2, 0) is 6.18 Å². The molecule has 43 heavy (non-hydrogen) atoms. The summed E-state index contributed by atoms with van der Waals surface area (Å²) in [6, 6.07) is 19.0. The number of halogens is 5. The number of nitrogens with one attached hydrogen (secondary N) is 2. The third-order valence-electron chi connectivity index (χ3n) is 7.02. The monoisotopic (exact) mass is 625 g/mol. The number of carbonyl (C=O) groups excluding carboxylic acids is 1. The Morgan fingerprint density at radius 1 is 0.977 bits per heavy atom. The van der Waals surface area contributed by atoms with Crippen LogP contribution < -0.4 is 5.32 Å². The van der Waals surface area contributed by atoms with E-state index in [9.17, 15) is 27.9 Å². The zero-order chi connectivity index (χ0) is 30.9. The summed E-state index contributed by atoms with van der Waals surface area (Å²) in [5.41, 5.74) is 1.35. The number of benzene rings is 4. The first kappa shape index (κ1) is 30.1. The van der Waals surface area contributed by atoms with E-state index < -0.39 is 29.7 Å². The van der Waals surface area contributed by atoms with E-state index in [1.165, 1.54) is 30.3 Å². The van der Waals surface area contributed by atoms with Crippen LogP contribution in [0.2, 0.25) is 10.0 Å². The molecule has 1 aromatic heterocycles. The van der Waals surface area contributed by atoms with E-state index in [4.69, 9.17) is 23.2 Å². The van der Waals surface area contributed by atoms with Crippen LogP contribution in [0.4, 0.5) is 13.2 Å². The second kappa shape index (κ2) is 12.1. The van der Waals surface area contributed by atoms with Gasteiger partial charge < -0.3 is 15.4 Å². The molecule has 1 amide bonds. The van der Waals surface area contributed by atoms with Gasteiger partial charge in [0.25, 0.3) is 5.91 Å². The van der Waals surface area contributed by atoms with Gasteiger partial charge in [-0.3, -0.25) is 4.79 Å². The van der Waals surface area contributed by atoms with Crippen molar-refractivity contribution in [3.8, 4) is 22.5 Å². The molecular formula is C32H24Cl2F3N3O3. The van der Waals surface area contributed by atoms with Crippen molar-refractivity contribution in [1.29, 1.82) is 0 Å². The maximum atomic E-state index is 13.8. The third kappa shape index (κ3) is 6.23. The Kier molecular flexibility index (Phi) is 8.48. The molecule has 0 fully saturated rings. The van der Waals surface area contributed by atoms with Gasteiger partial charge in [-0.15, -0.1) is 0 Å². The first-order valence-electron chi connectivity index (χ1n) is 13.3. The molecule has 0 bridgehead atoms. The van der Waals surface area contributed by atoms with Gasteiger partial charge in [-0.2, -0.15) is 13.2 Å². The molecule has 220 valence electrons. The number of rotatable bonds is 8. The van der Waals surface area contributed by atoms with E-state index >= 15 is 0 Å². The van der Waals surface area contributed by atoms with Gasteiger partial charge in [0.05, 0.1) is 28.2 Å². The van der Waals surface area contributed by atoms with E-state index in [1.54, 1.807) is 25.1 Å². The van der Waals surface area contributed by atoms with Crippen LogP contribution in [0.3, 0.4) is 0 Å². The minimum atomic E-state index is -4.69. The van der Waals surface area contributed by atoms with E-state index in [2.05, 4.69) is 15.3 Å². The van der Waals surface area contributed by atoms with E-state index in [-0.39, 0.29) is 38.7 Å². The lowest BCUT2D eigenvalue weighted by Gasteiger charge is -2.23. The highest BCUT2D eigenvalue weighted by Gasteiger charge is 2.36. The fourth-order valence-corrected chi connectivity index (χ4v) is 5.52. The maximum Gasteiger partial charge on any atom is 0.416 e. The predicted molar refractivity (Wildman–Crippen MR) is 161 cm³/mol. The molecule has 0 aliphatic heterocycles. The lowest BCUT2D eigenvalue weighted by molar-refractivity contribution is -0.138. The molecular weight excluding hydrogens is 602 g/mol. The zero-order valence-corrected chi connectivity index (χ0v) is 24.1. The highest BCUT2D eigenvalue weighted by Crippen LogP contribution is 2.40. The van der Waals surface area contributed by atoms with E-state index in [0.29, 0.717) is 28.9 Å². The summed E-state index contributed by atoms with van der Waals surface area (Å²) in [6.45, 7) is 1.78. The third-order valence-corrected chi connectivity index (χ3v) is 7.57. The minimum Gasteiger partial charge on any atom is -0.478 e. The molecule has 4 aromatic carbocycles. The SMILES string of the molecule is CCCC(NC(=O)c1ccc(-c2c(Cl)cccc2-c2nc3ccccc3[nH]2)c(C(=O)O)c1)c1ccc(Cl)cc1C(F)(F)F. The van der Waals surface area contributed by atoms with Crippen LogP contribution in [0.25, 0.3) is 33.5 Å². The van der Waals surface area contributed by atoms with Gasteiger partial charge in [0.15, 0.2) is 0 Å². The smallest absolute Gasteiger partial charge is 0.416 e. The number of H-pyrrole nitrogens is 1. The summed E-state index contributed by atoms with van der Waals surface area (Å²) in [5, 5.41) is 13.0. The van der Waals surface area contributed by atoms with Crippen molar-refractivity contribution in [1.82, 2.24) is 15.3 Å². The largest absolute Gasteiger partial charge is 0.478 e. The fourth-order valence-electron chi connectivity index (χ4n) is 5.07. The first-order valence-corrected chi connectivity index (χ1v) is 14.0. The Bertz CT molecular complexity index is 1820. The van der Waals surface area contributed by atoms with Crippen molar-refractivity contribution in [2.24, 2.45) is 0 Å². The molecule has 1 unspecified atom stereocenters. The Balaban J connectivity index is 1.55. The molecule has 11 heteroatoms. The lowest BCUT2D eigenvalue weighted by atomic mass is 9.92. The average molecular weight is 626 g/mol. The van der Waals surface area contributed by atoms with Crippen molar-refractivity contribution in [2.75, 3.05) is 0 Å². The van der Waals surface area contributed by atoms with E-state index in [1.807, 2.05) is 24.3 Å². The van der Waals surface area contributed by atoms with Crippen molar-refractivity contribution in [3.63, 3.8) is 0 Å². The van der Waals surface area contributed by atoms with Crippen LogP contribution in [0.1, 0.15) is 57.7 Å². The fraction of sp³-hybridized carbons (Fsp3) is 0.156. The molecule has 0 radical (unpaired) electrons. The number of hydrogen-bond acceptors (Lipinski definition) is 3. The molecule has 0 saturated heterocycles. The van der Waals surface area contributed by atoms with Gasteiger partial charge in [-0.1, -0.05) is 72.9 Å². The van der Waals surface area contributed by atoms with E-state index in [0.717, 1.165) is 11.6 Å². The number of carbonyl (C=O) groups is 2. The summed E-state index contributed by atoms with van der Waals surface area (Å²) < 4.78 is 41.5. The van der Waals surface area contributed by atoms with Gasteiger partial charge in [0.1, 0.15) is 5.82 Å². The molecule has 0 aliphatic rings. The summed E-state index contributed by atoms with van der Waals surface area (Å²) in [7, 11) is 0. The number of nitrogens with zero attached hydrogens (tertiary/aromatic N) is 1. The van der Waals surface area contributed by atoms with Crippen molar-refractivity contribution < 1.29 is 27.9 Å². The lowest BCUT2D eigenvalue weighted by Crippen LogP contribution is -2.30. The minimum absolute atomic E-state index is 0.0397. The number of alkyl halides is 3. The Labute approximate surface area is 254 Å². The number of aromatic carboxylic acids is 1. The molecule has 6 nitrogen and oxygen atoms in total. The Morgan fingerprint density at radius 2 is 1.74 bits per heavy atom. The standard InChI is InChI=1S/C32H24Cl2F3N3O3/c1-2-6-25(20-14-12-18(33)16-23(20)32(35,36)37)40-30(41)17-11-13-19(22(15-17)31(42)43)28-21(7-5-8-24(28)34)29-38-26-9-3-4-10-27(26)39-29/h3-5,7-16,25H,2,6H2,1H3,(H,38,39)(H,40,41)(H,42,43). The Morgan fingerprint density at radius 3 is 2.44 bits per heavy atom. The van der Waals surface area contributed by atoms with Crippen molar-refractivity contribution in [2.45, 2.75) is 32.0 Å². The number of para-hydroxylation sites is 2. The summed E-state index contributed by atoms with van der Waals surface area (Å²) in [6.07, 6.45) is -4.01. The van der Waals surface area contributed by atoms with Gasteiger partial charge in [0, 0.05) is 26.7 Å². The predicted octanol–water partition coefficient (Wildman–Crippen LogP) is 9.19. The molecule has 0 aliphatic carbocycles. The van der Waals surface area contributed by atoms with Gasteiger partial charge in [0.2, 0.25) is 0 Å². The number of carboxylic acid groups (broad SMARTS) is 1. The second-order valence-corrected chi connectivity index (χ2v) is 10.7. The van der Waals surface area contributed by atoms with Crippen LogP contribution in [0, 0.1) is 0 Å². The number of fused-ring (bicyclic) bond motifs is 1. The van der Waals surface area contributed by atoms with Crippen LogP contribution in [-0.4, -0.2) is 27.0 Å². The van der Waals surface area contributed by atoms with Crippen LogP contribution in [0.15, 0.2) is 78.9 Å². The highest BCUT2D eigenvalue weighted by molar-refractivity contribution is 6.34. The summed E-state index contributed by atoms with van der Waals surface area (Å²) in [4.78, 5) is 33.7. The molecule has 1 atom stereocenters. The molecule has 5 rings (SSSR count). The molecule has 0 saturated carbocycles. The molecule has 0 spiro atoms. The maximum absolute atomic E-state index is 13.8. The van der Waals surface area contributed by atoms with Crippen LogP contribution >= 0.6 is 23.2 Å². The number of carboxylic acids is 1. The van der Waals surface area contributed by atoms with Gasteiger partial charge in [-0.05, 0) is 60.0 Å². The highest BCUT2D eigenvalue weighted by atomic mass is 35.5. The van der Waals surface area contributed by atoms with Gasteiger partial charge >= 0.3 is 12.1 Å². The quantitative estimate of drug-likeness (QED) is 0.160. The van der Waals surface area contributed by atoms with Crippen LogP contribution in [0.5, 0.6) is 0 Å². The average Bonchev–Trinajstić information content (AvgIpc) is 3.40. The Hall–Kier alpha value is -4.34. The normalized spacial score (nSPS) is 12.3. The number of hydrogen-bond donors (Lipinski definition) is 3. The topological polar surface area (TPSA) is 95.1 Å².